The second-order valence-corrected chi connectivity index (χ2v) is 5.70. The molecule has 0 atom stereocenters. The molecule has 0 aliphatic heterocycles. The maximum absolute atomic E-state index is 12.0. The van der Waals surface area contributed by atoms with Gasteiger partial charge in [-0.15, -0.1) is 5.10 Å². The number of nitrogens with two attached hydrogens (primary N) is 1. The van der Waals surface area contributed by atoms with Crippen molar-refractivity contribution in [3.63, 3.8) is 0 Å². The fourth-order valence-electron chi connectivity index (χ4n) is 2.71. The van der Waals surface area contributed by atoms with Crippen molar-refractivity contribution in [2.24, 2.45) is 23.5 Å². The zero-order chi connectivity index (χ0) is 13.2. The Kier molecular flexibility index (Phi) is 3.50. The highest BCUT2D eigenvalue weighted by Crippen LogP contribution is 2.48. The van der Waals surface area contributed by atoms with Gasteiger partial charge in [0.05, 0.1) is 12.7 Å². The Balaban J connectivity index is 1.51. The summed E-state index contributed by atoms with van der Waals surface area (Å²) in [6, 6.07) is 0. The van der Waals surface area contributed by atoms with Gasteiger partial charge in [0.25, 0.3) is 5.91 Å². The SMILES string of the molecule is NCCn1cc(C(=O)NCC(C2CC2)C2CC2)nn1. The molecule has 0 spiro atoms. The van der Waals surface area contributed by atoms with E-state index in [1.807, 2.05) is 0 Å². The number of nitrogens with one attached hydrogen (secondary N) is 1. The number of carbonyl (C=O) groups is 1. The summed E-state index contributed by atoms with van der Waals surface area (Å²) in [4.78, 5) is 12.0. The van der Waals surface area contributed by atoms with Crippen LogP contribution in [0.2, 0.25) is 0 Å². The molecule has 0 aromatic carbocycles. The Morgan fingerprint density at radius 3 is 2.68 bits per heavy atom. The number of nitrogens with zero attached hydrogens (tertiary/aromatic N) is 3. The molecular weight excluding hydrogens is 242 g/mol. The van der Waals surface area contributed by atoms with Crippen LogP contribution in [-0.4, -0.2) is 34.0 Å². The molecule has 2 aliphatic carbocycles. The summed E-state index contributed by atoms with van der Waals surface area (Å²) in [5, 5.41) is 10.8. The van der Waals surface area contributed by atoms with Crippen LogP contribution in [-0.2, 0) is 6.54 Å². The molecule has 0 bridgehead atoms. The number of aromatic nitrogens is 3. The Morgan fingerprint density at radius 2 is 2.11 bits per heavy atom. The third-order valence-corrected chi connectivity index (χ3v) is 4.08. The van der Waals surface area contributed by atoms with Gasteiger partial charge in [0.15, 0.2) is 5.69 Å². The van der Waals surface area contributed by atoms with Crippen LogP contribution in [0.3, 0.4) is 0 Å². The summed E-state index contributed by atoms with van der Waals surface area (Å²) < 4.78 is 1.61. The van der Waals surface area contributed by atoms with Gasteiger partial charge in [0, 0.05) is 13.1 Å². The van der Waals surface area contributed by atoms with Crippen molar-refractivity contribution in [1.82, 2.24) is 20.3 Å². The molecule has 1 aromatic rings. The molecule has 2 aliphatic rings. The maximum atomic E-state index is 12.0. The van der Waals surface area contributed by atoms with E-state index >= 15 is 0 Å². The zero-order valence-electron chi connectivity index (χ0n) is 11.1. The van der Waals surface area contributed by atoms with Crippen LogP contribution in [0.4, 0.5) is 0 Å². The lowest BCUT2D eigenvalue weighted by Gasteiger charge is -2.15. The molecule has 0 saturated heterocycles. The lowest BCUT2D eigenvalue weighted by atomic mass is 9.98. The summed E-state index contributed by atoms with van der Waals surface area (Å²) in [6.07, 6.45) is 7.01. The molecule has 1 heterocycles. The summed E-state index contributed by atoms with van der Waals surface area (Å²) in [5.74, 6) is 2.26. The van der Waals surface area contributed by atoms with E-state index in [1.54, 1.807) is 10.9 Å². The second-order valence-electron chi connectivity index (χ2n) is 5.70. The number of amides is 1. The number of hydrogen-bond donors (Lipinski definition) is 2. The van der Waals surface area contributed by atoms with Crippen LogP contribution >= 0.6 is 0 Å². The van der Waals surface area contributed by atoms with Gasteiger partial charge in [0.2, 0.25) is 0 Å². The summed E-state index contributed by atoms with van der Waals surface area (Å²) in [7, 11) is 0. The summed E-state index contributed by atoms with van der Waals surface area (Å²) in [5.41, 5.74) is 5.82. The van der Waals surface area contributed by atoms with Gasteiger partial charge in [-0.1, -0.05) is 5.21 Å². The van der Waals surface area contributed by atoms with Gasteiger partial charge in [0.1, 0.15) is 0 Å². The Morgan fingerprint density at radius 1 is 1.42 bits per heavy atom. The third-order valence-electron chi connectivity index (χ3n) is 4.08. The molecule has 6 heteroatoms. The van der Waals surface area contributed by atoms with E-state index in [1.165, 1.54) is 25.7 Å². The van der Waals surface area contributed by atoms with Gasteiger partial charge in [-0.2, -0.15) is 0 Å². The average molecular weight is 263 g/mol. The van der Waals surface area contributed by atoms with Crippen molar-refractivity contribution in [2.75, 3.05) is 13.1 Å². The molecule has 3 rings (SSSR count). The molecule has 2 fully saturated rings. The molecule has 3 N–H and O–H groups in total. The standard InChI is InChI=1S/C13H21N5O/c14-5-6-18-8-12(16-17-18)13(19)15-7-11(9-1-2-9)10-3-4-10/h8-11H,1-7,14H2,(H,15,19). The highest BCUT2D eigenvalue weighted by molar-refractivity contribution is 5.91. The smallest absolute Gasteiger partial charge is 0.273 e. The minimum Gasteiger partial charge on any atom is -0.350 e. The van der Waals surface area contributed by atoms with Crippen LogP contribution in [0.5, 0.6) is 0 Å². The van der Waals surface area contributed by atoms with Crippen molar-refractivity contribution in [2.45, 2.75) is 32.2 Å². The number of rotatable bonds is 7. The molecule has 0 unspecified atom stereocenters. The van der Waals surface area contributed by atoms with Crippen molar-refractivity contribution in [3.05, 3.63) is 11.9 Å². The van der Waals surface area contributed by atoms with Gasteiger partial charge in [-0.05, 0) is 43.4 Å². The Labute approximate surface area is 112 Å². The van der Waals surface area contributed by atoms with Crippen LogP contribution in [0.15, 0.2) is 6.20 Å². The average Bonchev–Trinajstić information content (AvgIpc) is 3.31. The lowest BCUT2D eigenvalue weighted by Crippen LogP contribution is -2.31. The van der Waals surface area contributed by atoms with Crippen LogP contribution < -0.4 is 11.1 Å². The highest BCUT2D eigenvalue weighted by atomic mass is 16.2. The zero-order valence-corrected chi connectivity index (χ0v) is 11.1. The van der Waals surface area contributed by atoms with E-state index in [4.69, 9.17) is 5.73 Å². The van der Waals surface area contributed by atoms with Crippen LogP contribution in [0.1, 0.15) is 36.2 Å². The van der Waals surface area contributed by atoms with Crippen molar-refractivity contribution < 1.29 is 4.79 Å². The quantitative estimate of drug-likeness (QED) is 0.745. The summed E-state index contributed by atoms with van der Waals surface area (Å²) >= 11 is 0. The molecule has 104 valence electrons. The first-order valence-electron chi connectivity index (χ1n) is 7.16. The number of hydrogen-bond acceptors (Lipinski definition) is 4. The largest absolute Gasteiger partial charge is 0.350 e. The fourth-order valence-corrected chi connectivity index (χ4v) is 2.71. The Bertz CT molecular complexity index is 438. The molecular formula is C13H21N5O. The fraction of sp³-hybridized carbons (Fsp3) is 0.769. The molecule has 1 amide bonds. The molecule has 2 saturated carbocycles. The van der Waals surface area contributed by atoms with E-state index in [0.717, 1.165) is 18.4 Å². The van der Waals surface area contributed by atoms with Crippen molar-refractivity contribution in [1.29, 1.82) is 0 Å². The molecule has 0 radical (unpaired) electrons. The molecule has 1 aromatic heterocycles. The van der Waals surface area contributed by atoms with Crippen molar-refractivity contribution >= 4 is 5.91 Å². The topological polar surface area (TPSA) is 85.8 Å². The predicted molar refractivity (Wildman–Crippen MR) is 70.3 cm³/mol. The normalized spacial score (nSPS) is 18.8. The van der Waals surface area contributed by atoms with E-state index < -0.39 is 0 Å². The molecule has 6 nitrogen and oxygen atoms in total. The Hall–Kier alpha value is -1.43. The minimum atomic E-state index is -0.116. The van der Waals surface area contributed by atoms with E-state index in [0.29, 0.717) is 24.7 Å². The lowest BCUT2D eigenvalue weighted by molar-refractivity contribution is 0.0938. The first kappa shape index (κ1) is 12.6. The van der Waals surface area contributed by atoms with E-state index in [9.17, 15) is 4.79 Å². The maximum Gasteiger partial charge on any atom is 0.273 e. The highest BCUT2D eigenvalue weighted by Gasteiger charge is 2.41. The minimum absolute atomic E-state index is 0.116. The van der Waals surface area contributed by atoms with E-state index in [-0.39, 0.29) is 5.91 Å². The van der Waals surface area contributed by atoms with Gasteiger partial charge < -0.3 is 11.1 Å². The second kappa shape index (κ2) is 5.28. The van der Waals surface area contributed by atoms with Gasteiger partial charge in [-0.3, -0.25) is 9.48 Å². The summed E-state index contributed by atoms with van der Waals surface area (Å²) in [6.45, 7) is 1.88. The first-order valence-corrected chi connectivity index (χ1v) is 7.16. The van der Waals surface area contributed by atoms with E-state index in [2.05, 4.69) is 15.6 Å². The first-order chi connectivity index (χ1) is 9.28. The van der Waals surface area contributed by atoms with Gasteiger partial charge >= 0.3 is 0 Å². The monoisotopic (exact) mass is 263 g/mol. The van der Waals surface area contributed by atoms with Gasteiger partial charge in [-0.25, -0.2) is 0 Å². The van der Waals surface area contributed by atoms with Crippen LogP contribution in [0.25, 0.3) is 0 Å². The number of carbonyl (C=O) groups excluding carboxylic acids is 1. The molecule has 19 heavy (non-hydrogen) atoms. The third kappa shape index (κ3) is 3.12. The van der Waals surface area contributed by atoms with Crippen molar-refractivity contribution in [3.8, 4) is 0 Å². The predicted octanol–water partition coefficient (Wildman–Crippen LogP) is 0.403. The van der Waals surface area contributed by atoms with Crippen LogP contribution in [0, 0.1) is 17.8 Å².